The van der Waals surface area contributed by atoms with Crippen molar-refractivity contribution in [3.63, 3.8) is 0 Å². The molecule has 0 spiro atoms. The second-order valence-corrected chi connectivity index (χ2v) is 9.51. The molecule has 9 heteroatoms. The largest absolute Gasteiger partial charge is 0.504 e. The number of ether oxygens (including phenoxy) is 3. The minimum Gasteiger partial charge on any atom is -0.504 e. The quantitative estimate of drug-likeness (QED) is 0.340. The number of aromatic nitrogens is 1. The van der Waals surface area contributed by atoms with E-state index in [-0.39, 0.29) is 17.9 Å². The highest BCUT2D eigenvalue weighted by molar-refractivity contribution is 7.07. The first kappa shape index (κ1) is 26.2. The summed E-state index contributed by atoms with van der Waals surface area (Å²) in [7, 11) is 1.46. The summed E-state index contributed by atoms with van der Waals surface area (Å²) in [4.78, 5) is 31.8. The van der Waals surface area contributed by atoms with Gasteiger partial charge in [-0.2, -0.15) is 0 Å². The summed E-state index contributed by atoms with van der Waals surface area (Å²) < 4.78 is 18.3. The molecule has 0 bridgehead atoms. The van der Waals surface area contributed by atoms with Gasteiger partial charge in [-0.25, -0.2) is 9.79 Å². The van der Waals surface area contributed by atoms with Gasteiger partial charge < -0.3 is 19.3 Å². The third-order valence-electron chi connectivity index (χ3n) is 5.98. The predicted molar refractivity (Wildman–Crippen MR) is 142 cm³/mol. The summed E-state index contributed by atoms with van der Waals surface area (Å²) >= 11 is 1.23. The molecule has 3 aromatic rings. The number of hydrogen-bond acceptors (Lipinski definition) is 8. The Kier molecular flexibility index (Phi) is 8.13. The molecule has 2 aromatic carbocycles. The molecule has 8 nitrogen and oxygen atoms in total. The van der Waals surface area contributed by atoms with E-state index in [9.17, 15) is 14.7 Å². The Morgan fingerprint density at radius 1 is 1.19 bits per heavy atom. The van der Waals surface area contributed by atoms with Crippen LogP contribution < -0.4 is 24.4 Å². The lowest BCUT2D eigenvalue weighted by Crippen LogP contribution is -2.39. The molecule has 0 saturated carbocycles. The third kappa shape index (κ3) is 5.46. The highest BCUT2D eigenvalue weighted by Crippen LogP contribution is 2.32. The van der Waals surface area contributed by atoms with Gasteiger partial charge in [-0.3, -0.25) is 9.36 Å². The summed E-state index contributed by atoms with van der Waals surface area (Å²) in [5.41, 5.74) is 1.99. The van der Waals surface area contributed by atoms with Crippen molar-refractivity contribution in [2.24, 2.45) is 4.99 Å². The molecule has 4 rings (SSSR count). The number of aromatic hydroxyl groups is 1. The Morgan fingerprint density at radius 2 is 1.95 bits per heavy atom. The van der Waals surface area contributed by atoms with Crippen LogP contribution in [0.25, 0.3) is 6.08 Å². The van der Waals surface area contributed by atoms with Crippen LogP contribution in [0.2, 0.25) is 0 Å². The molecule has 2 heterocycles. The van der Waals surface area contributed by atoms with E-state index in [1.807, 2.05) is 24.3 Å². The number of thiazole rings is 1. The van der Waals surface area contributed by atoms with Crippen molar-refractivity contribution in [2.75, 3.05) is 20.3 Å². The van der Waals surface area contributed by atoms with Crippen molar-refractivity contribution in [3.05, 3.63) is 84.5 Å². The molecule has 0 amide bonds. The van der Waals surface area contributed by atoms with Crippen LogP contribution >= 0.6 is 11.3 Å². The Bertz CT molecular complexity index is 1500. The number of nitrogens with zero attached hydrogens (tertiary/aromatic N) is 2. The fraction of sp³-hybridized carbons (Fsp3) is 0.321. The van der Waals surface area contributed by atoms with E-state index < -0.39 is 12.0 Å². The first-order chi connectivity index (χ1) is 17.9. The number of phenols is 1. The van der Waals surface area contributed by atoms with Crippen LogP contribution in [0.15, 0.2) is 63.5 Å². The maximum absolute atomic E-state index is 13.7. The molecule has 1 N–H and O–H groups in total. The molecule has 37 heavy (non-hydrogen) atoms. The number of rotatable bonds is 9. The van der Waals surface area contributed by atoms with Crippen molar-refractivity contribution >= 4 is 23.4 Å². The Labute approximate surface area is 218 Å². The summed E-state index contributed by atoms with van der Waals surface area (Å²) in [6.45, 7) is 6.43. The molecular formula is C28H30N2O6S. The number of hydrogen-bond donors (Lipinski definition) is 1. The molecule has 1 aliphatic rings. The van der Waals surface area contributed by atoms with Gasteiger partial charge in [0.1, 0.15) is 5.75 Å². The zero-order chi connectivity index (χ0) is 26.5. The van der Waals surface area contributed by atoms with E-state index in [2.05, 4.69) is 11.9 Å². The minimum absolute atomic E-state index is 0.0120. The van der Waals surface area contributed by atoms with E-state index in [0.29, 0.717) is 38.5 Å². The van der Waals surface area contributed by atoms with Crippen molar-refractivity contribution in [2.45, 2.75) is 39.7 Å². The third-order valence-corrected chi connectivity index (χ3v) is 6.96. The molecule has 1 aromatic heterocycles. The summed E-state index contributed by atoms with van der Waals surface area (Å²) in [5.74, 6) is 0.540. The number of carbonyl (C=O) groups is 1. The topological polar surface area (TPSA) is 99.4 Å². The highest BCUT2D eigenvalue weighted by Gasteiger charge is 2.33. The van der Waals surface area contributed by atoms with E-state index in [1.165, 1.54) is 24.5 Å². The first-order valence-corrected chi connectivity index (χ1v) is 13.0. The van der Waals surface area contributed by atoms with Gasteiger partial charge in [0.15, 0.2) is 16.3 Å². The number of carbonyl (C=O) groups excluding carboxylic acids is 1. The van der Waals surface area contributed by atoms with E-state index in [4.69, 9.17) is 14.2 Å². The zero-order valence-corrected chi connectivity index (χ0v) is 22.1. The normalized spacial score (nSPS) is 15.2. The van der Waals surface area contributed by atoms with Gasteiger partial charge in [0.2, 0.25) is 0 Å². The van der Waals surface area contributed by atoms with E-state index in [0.717, 1.165) is 24.2 Å². The number of esters is 1. The van der Waals surface area contributed by atoms with Crippen LogP contribution in [-0.4, -0.2) is 36.0 Å². The SMILES string of the molecule is CCCCOc1ccc(C2C(C(=O)OCC)=C(C)N=c3s/c(=C\c4ccc(O)c(OC)c4)c(=O)n32)cc1. The van der Waals surface area contributed by atoms with Crippen molar-refractivity contribution in [3.8, 4) is 17.2 Å². The first-order valence-electron chi connectivity index (χ1n) is 12.2. The number of unbranched alkanes of at least 4 members (excludes halogenated alkanes) is 1. The van der Waals surface area contributed by atoms with Crippen LogP contribution in [0.1, 0.15) is 50.8 Å². The lowest BCUT2D eigenvalue weighted by atomic mass is 9.96. The molecule has 0 aliphatic carbocycles. The maximum Gasteiger partial charge on any atom is 0.338 e. The standard InChI is InChI=1S/C28H30N2O6S/c1-5-7-14-36-20-11-9-19(10-12-20)25-24(27(33)35-6-2)17(3)29-28-30(25)26(32)23(37-28)16-18-8-13-21(31)22(15-18)34-4/h8-13,15-16,25,31H,5-7,14H2,1-4H3/b23-16-. The molecule has 1 aliphatic heterocycles. The van der Waals surface area contributed by atoms with Gasteiger partial charge >= 0.3 is 5.97 Å². The minimum atomic E-state index is -0.698. The summed E-state index contributed by atoms with van der Waals surface area (Å²) in [5, 5.41) is 9.91. The molecule has 194 valence electrons. The van der Waals surface area contributed by atoms with Gasteiger partial charge in [-0.1, -0.05) is 42.9 Å². The zero-order valence-electron chi connectivity index (χ0n) is 21.3. The Morgan fingerprint density at radius 3 is 2.62 bits per heavy atom. The number of fused-ring (bicyclic) bond motifs is 1. The van der Waals surface area contributed by atoms with Crippen molar-refractivity contribution in [1.29, 1.82) is 0 Å². The number of phenolic OH excluding ortho intramolecular Hbond substituents is 1. The van der Waals surface area contributed by atoms with Crippen LogP contribution in [0, 0.1) is 0 Å². The summed E-state index contributed by atoms with van der Waals surface area (Å²) in [6, 6.07) is 11.6. The average molecular weight is 523 g/mol. The van der Waals surface area contributed by atoms with E-state index >= 15 is 0 Å². The van der Waals surface area contributed by atoms with Crippen LogP contribution in [0.3, 0.4) is 0 Å². The van der Waals surface area contributed by atoms with Crippen molar-refractivity contribution in [1.82, 2.24) is 4.57 Å². The highest BCUT2D eigenvalue weighted by atomic mass is 32.1. The molecule has 0 radical (unpaired) electrons. The monoisotopic (exact) mass is 522 g/mol. The molecule has 0 saturated heterocycles. The van der Waals surface area contributed by atoms with Crippen LogP contribution in [-0.2, 0) is 9.53 Å². The van der Waals surface area contributed by atoms with Gasteiger partial charge in [0.25, 0.3) is 5.56 Å². The lowest BCUT2D eigenvalue weighted by Gasteiger charge is -2.24. The fourth-order valence-corrected chi connectivity index (χ4v) is 5.17. The average Bonchev–Trinajstić information content (AvgIpc) is 3.19. The van der Waals surface area contributed by atoms with Gasteiger partial charge in [0.05, 0.1) is 42.2 Å². The van der Waals surface area contributed by atoms with E-state index in [1.54, 1.807) is 36.6 Å². The maximum atomic E-state index is 13.7. The van der Waals surface area contributed by atoms with Gasteiger partial charge in [-0.15, -0.1) is 0 Å². The molecular weight excluding hydrogens is 492 g/mol. The van der Waals surface area contributed by atoms with Gasteiger partial charge in [-0.05, 0) is 61.7 Å². The molecule has 1 atom stereocenters. The number of methoxy groups -OCH3 is 1. The fourth-order valence-electron chi connectivity index (χ4n) is 4.12. The van der Waals surface area contributed by atoms with Crippen molar-refractivity contribution < 1.29 is 24.1 Å². The summed E-state index contributed by atoms with van der Waals surface area (Å²) in [6.07, 6.45) is 3.72. The van der Waals surface area contributed by atoms with Crippen LogP contribution in [0.5, 0.6) is 17.2 Å². The Balaban J connectivity index is 1.84. The number of benzene rings is 2. The predicted octanol–water partition coefficient (Wildman–Crippen LogP) is 3.69. The smallest absolute Gasteiger partial charge is 0.338 e. The van der Waals surface area contributed by atoms with Crippen LogP contribution in [0.4, 0.5) is 0 Å². The lowest BCUT2D eigenvalue weighted by molar-refractivity contribution is -0.139. The number of allylic oxidation sites excluding steroid dienone is 1. The second kappa shape index (κ2) is 11.5. The van der Waals surface area contributed by atoms with Gasteiger partial charge in [0, 0.05) is 0 Å². The Hall–Kier alpha value is -3.85. The molecule has 0 fully saturated rings. The second-order valence-electron chi connectivity index (χ2n) is 8.50. The molecule has 1 unspecified atom stereocenters.